The third kappa shape index (κ3) is 2.92. The van der Waals surface area contributed by atoms with E-state index < -0.39 is 12.5 Å². The lowest BCUT2D eigenvalue weighted by atomic mass is 10.3. The first-order valence-corrected chi connectivity index (χ1v) is 7.10. The predicted octanol–water partition coefficient (Wildman–Crippen LogP) is 3.95. The maximum absolute atomic E-state index is 13.4. The summed E-state index contributed by atoms with van der Waals surface area (Å²) in [5.41, 5.74) is 0.768. The van der Waals surface area contributed by atoms with E-state index in [1.54, 1.807) is 24.3 Å². The van der Waals surface area contributed by atoms with E-state index in [2.05, 4.69) is 4.98 Å². The van der Waals surface area contributed by atoms with Gasteiger partial charge in [0, 0.05) is 7.05 Å². The van der Waals surface area contributed by atoms with Crippen molar-refractivity contribution in [2.24, 2.45) is 0 Å². The van der Waals surface area contributed by atoms with Crippen molar-refractivity contribution >= 4 is 28.5 Å². The van der Waals surface area contributed by atoms with Crippen LogP contribution in [0.2, 0.25) is 5.22 Å². The molecule has 0 fully saturated rings. The maximum Gasteiger partial charge on any atom is 0.320 e. The molecule has 0 saturated carbocycles. The number of benzene rings is 1. The first kappa shape index (κ1) is 15.5. The zero-order valence-corrected chi connectivity index (χ0v) is 12.8. The van der Waals surface area contributed by atoms with Gasteiger partial charge >= 0.3 is 6.55 Å². The van der Waals surface area contributed by atoms with Gasteiger partial charge in [0.1, 0.15) is 5.82 Å². The monoisotopic (exact) mass is 339 g/mol. The number of fused-ring (bicyclic) bond motifs is 1. The van der Waals surface area contributed by atoms with Crippen molar-refractivity contribution in [1.29, 1.82) is 0 Å². The standard InChI is InChI=1S/C15H12ClF2N3O2/c1-20(14(22)11-6-7-12(16)23-11)8-13-19-9-4-2-3-5-10(9)21(13)15(17)18/h2-7,15H,8H2,1H3. The highest BCUT2D eigenvalue weighted by Crippen LogP contribution is 2.24. The Hall–Kier alpha value is -2.41. The minimum Gasteiger partial charge on any atom is -0.440 e. The fourth-order valence-corrected chi connectivity index (χ4v) is 2.47. The van der Waals surface area contributed by atoms with Gasteiger partial charge in [0.25, 0.3) is 5.91 Å². The molecule has 1 aromatic carbocycles. The van der Waals surface area contributed by atoms with Gasteiger partial charge in [0.05, 0.1) is 17.6 Å². The highest BCUT2D eigenvalue weighted by Gasteiger charge is 2.22. The normalized spacial score (nSPS) is 11.3. The first-order valence-electron chi connectivity index (χ1n) is 6.72. The van der Waals surface area contributed by atoms with Gasteiger partial charge in [-0.3, -0.25) is 9.36 Å². The number of halogens is 3. The summed E-state index contributed by atoms with van der Waals surface area (Å²) in [4.78, 5) is 17.6. The Bertz CT molecular complexity index is 859. The second-order valence-electron chi connectivity index (χ2n) is 4.93. The van der Waals surface area contributed by atoms with E-state index in [0.29, 0.717) is 11.0 Å². The highest BCUT2D eigenvalue weighted by molar-refractivity contribution is 6.29. The lowest BCUT2D eigenvalue weighted by molar-refractivity contribution is 0.0635. The summed E-state index contributed by atoms with van der Waals surface area (Å²) in [5.74, 6) is -0.336. The molecule has 5 nitrogen and oxygen atoms in total. The molecule has 0 saturated heterocycles. The number of carbonyl (C=O) groups is 1. The van der Waals surface area contributed by atoms with Gasteiger partial charge in [0.2, 0.25) is 0 Å². The van der Waals surface area contributed by atoms with E-state index in [0.717, 1.165) is 4.57 Å². The number of aromatic nitrogens is 2. The number of furan rings is 1. The third-order valence-corrected chi connectivity index (χ3v) is 3.58. The van der Waals surface area contributed by atoms with Gasteiger partial charge in [0.15, 0.2) is 11.0 Å². The zero-order chi connectivity index (χ0) is 16.6. The van der Waals surface area contributed by atoms with Gasteiger partial charge in [-0.25, -0.2) is 4.98 Å². The minimum atomic E-state index is -2.75. The molecule has 1 amide bonds. The van der Waals surface area contributed by atoms with E-state index >= 15 is 0 Å². The highest BCUT2D eigenvalue weighted by atomic mass is 35.5. The van der Waals surface area contributed by atoms with Gasteiger partial charge in [-0.15, -0.1) is 0 Å². The molecule has 2 aromatic heterocycles. The van der Waals surface area contributed by atoms with Crippen molar-refractivity contribution in [1.82, 2.24) is 14.5 Å². The molecule has 23 heavy (non-hydrogen) atoms. The second kappa shape index (κ2) is 6.00. The second-order valence-corrected chi connectivity index (χ2v) is 5.30. The molecule has 0 N–H and O–H groups in total. The van der Waals surface area contributed by atoms with Crippen LogP contribution in [-0.4, -0.2) is 27.4 Å². The number of carbonyl (C=O) groups excluding carboxylic acids is 1. The van der Waals surface area contributed by atoms with Crippen molar-refractivity contribution in [3.63, 3.8) is 0 Å². The maximum atomic E-state index is 13.4. The predicted molar refractivity (Wildman–Crippen MR) is 80.5 cm³/mol. The van der Waals surface area contributed by atoms with Crippen LogP contribution in [0.4, 0.5) is 8.78 Å². The topological polar surface area (TPSA) is 51.3 Å². The van der Waals surface area contributed by atoms with Crippen LogP contribution in [0.5, 0.6) is 0 Å². The number of nitrogens with zero attached hydrogens (tertiary/aromatic N) is 3. The van der Waals surface area contributed by atoms with Crippen LogP contribution >= 0.6 is 11.6 Å². The lowest BCUT2D eigenvalue weighted by Crippen LogP contribution is -2.27. The average molecular weight is 340 g/mol. The number of alkyl halides is 2. The molecule has 120 valence electrons. The largest absolute Gasteiger partial charge is 0.440 e. The smallest absolute Gasteiger partial charge is 0.320 e. The molecule has 0 unspecified atom stereocenters. The molecule has 0 aliphatic carbocycles. The number of para-hydroxylation sites is 2. The number of rotatable bonds is 4. The van der Waals surface area contributed by atoms with E-state index in [1.165, 1.54) is 24.1 Å². The summed E-state index contributed by atoms with van der Waals surface area (Å²) >= 11 is 5.64. The molecular formula is C15H12ClF2N3O2. The van der Waals surface area contributed by atoms with E-state index in [9.17, 15) is 13.6 Å². The zero-order valence-electron chi connectivity index (χ0n) is 12.0. The van der Waals surface area contributed by atoms with Gasteiger partial charge in [-0.1, -0.05) is 12.1 Å². The first-order chi connectivity index (χ1) is 11.0. The molecule has 0 bridgehead atoms. The summed E-state index contributed by atoms with van der Waals surface area (Å²) < 4.78 is 32.6. The minimum absolute atomic E-state index is 0.0391. The molecule has 0 aliphatic rings. The van der Waals surface area contributed by atoms with Crippen molar-refractivity contribution in [3.05, 3.63) is 53.2 Å². The summed E-state index contributed by atoms with van der Waals surface area (Å²) in [5, 5.41) is 0.0848. The molecule has 2 heterocycles. The van der Waals surface area contributed by atoms with Gasteiger partial charge in [-0.2, -0.15) is 8.78 Å². The fourth-order valence-electron chi connectivity index (χ4n) is 2.32. The molecule has 3 aromatic rings. The number of hydrogen-bond acceptors (Lipinski definition) is 3. The van der Waals surface area contributed by atoms with Crippen LogP contribution in [0.1, 0.15) is 22.9 Å². The molecule has 8 heteroatoms. The molecule has 0 radical (unpaired) electrons. The van der Waals surface area contributed by atoms with Crippen molar-refractivity contribution in [3.8, 4) is 0 Å². The molecule has 0 atom stereocenters. The van der Waals surface area contributed by atoms with Crippen molar-refractivity contribution in [2.75, 3.05) is 7.05 Å². The summed E-state index contributed by atoms with van der Waals surface area (Å²) in [6.45, 7) is -2.84. The lowest BCUT2D eigenvalue weighted by Gasteiger charge is -2.16. The van der Waals surface area contributed by atoms with Crippen LogP contribution in [0.3, 0.4) is 0 Å². The van der Waals surface area contributed by atoms with Crippen LogP contribution in [0.15, 0.2) is 40.8 Å². The van der Waals surface area contributed by atoms with E-state index in [1.807, 2.05) is 0 Å². The number of amides is 1. The Morgan fingerprint density at radius 3 is 2.74 bits per heavy atom. The third-order valence-electron chi connectivity index (χ3n) is 3.37. The Labute approximate surface area is 135 Å². The SMILES string of the molecule is CN(Cc1nc2ccccc2n1C(F)F)C(=O)c1ccc(Cl)o1. The van der Waals surface area contributed by atoms with Crippen molar-refractivity contribution in [2.45, 2.75) is 13.1 Å². The van der Waals surface area contributed by atoms with Gasteiger partial charge < -0.3 is 9.32 Å². The summed E-state index contributed by atoms with van der Waals surface area (Å²) in [6.07, 6.45) is 0. The number of hydrogen-bond donors (Lipinski definition) is 0. The molecular weight excluding hydrogens is 328 g/mol. The molecule has 0 spiro atoms. The molecule has 3 rings (SSSR count). The summed E-state index contributed by atoms with van der Waals surface area (Å²) in [7, 11) is 1.48. The van der Waals surface area contributed by atoms with Crippen LogP contribution in [-0.2, 0) is 6.54 Å². The Morgan fingerprint density at radius 1 is 1.35 bits per heavy atom. The quantitative estimate of drug-likeness (QED) is 0.723. The number of imidazole rings is 1. The van der Waals surface area contributed by atoms with Crippen LogP contribution in [0.25, 0.3) is 11.0 Å². The average Bonchev–Trinajstić information content (AvgIpc) is 3.09. The Balaban J connectivity index is 1.91. The van der Waals surface area contributed by atoms with Crippen molar-refractivity contribution < 1.29 is 18.0 Å². The fraction of sp³-hybridized carbons (Fsp3) is 0.200. The molecule has 0 aliphatic heterocycles. The van der Waals surface area contributed by atoms with Gasteiger partial charge in [-0.05, 0) is 35.9 Å². The van der Waals surface area contributed by atoms with Crippen LogP contribution < -0.4 is 0 Å². The van der Waals surface area contributed by atoms with Crippen LogP contribution in [0, 0.1) is 0 Å². The summed E-state index contributed by atoms with van der Waals surface area (Å²) in [6, 6.07) is 9.45. The Kier molecular flexibility index (Phi) is 4.04. The van der Waals surface area contributed by atoms with E-state index in [-0.39, 0.29) is 23.3 Å². The Morgan fingerprint density at radius 2 is 2.09 bits per heavy atom. The van der Waals surface area contributed by atoms with E-state index in [4.69, 9.17) is 16.0 Å².